The van der Waals surface area contributed by atoms with Gasteiger partial charge < -0.3 is 19.2 Å². The summed E-state index contributed by atoms with van der Waals surface area (Å²) in [6, 6.07) is 7.56. The normalized spacial score (nSPS) is 21.6. The lowest BCUT2D eigenvalue weighted by molar-refractivity contribution is -0.142. The number of nitrogens with zero attached hydrogens (tertiary/aromatic N) is 1. The Balaban J connectivity index is 1.87. The fourth-order valence-corrected chi connectivity index (χ4v) is 4.76. The number of amides is 1. The molecule has 1 aromatic carbocycles. The molecule has 1 atom stereocenters. The van der Waals surface area contributed by atoms with Gasteiger partial charge in [-0.15, -0.1) is 0 Å². The number of aryl methyl sites for hydroxylation is 1. The van der Waals surface area contributed by atoms with E-state index in [0.717, 1.165) is 32.1 Å². The molecular formula is C24H26ClNO5. The second-order valence-corrected chi connectivity index (χ2v) is 8.43. The first-order chi connectivity index (χ1) is 14.9. The van der Waals surface area contributed by atoms with E-state index in [1.807, 2.05) is 6.92 Å². The van der Waals surface area contributed by atoms with Crippen LogP contribution in [0.2, 0.25) is 5.02 Å². The van der Waals surface area contributed by atoms with Crippen LogP contribution in [0.3, 0.4) is 0 Å². The number of likely N-dealkylation sites (tertiary alicyclic amines) is 1. The number of halogens is 1. The van der Waals surface area contributed by atoms with E-state index in [1.165, 1.54) is 0 Å². The van der Waals surface area contributed by atoms with Crippen molar-refractivity contribution in [1.29, 1.82) is 0 Å². The van der Waals surface area contributed by atoms with Crippen molar-refractivity contribution in [2.45, 2.75) is 58.0 Å². The molecular weight excluding hydrogens is 418 g/mol. The maximum absolute atomic E-state index is 13.2. The van der Waals surface area contributed by atoms with Gasteiger partial charge in [0.15, 0.2) is 0 Å². The second kappa shape index (κ2) is 8.79. The molecule has 0 radical (unpaired) electrons. The third-order valence-corrected chi connectivity index (χ3v) is 6.31. The smallest absolute Gasteiger partial charge is 0.296 e. The molecule has 1 unspecified atom stereocenters. The Morgan fingerprint density at radius 3 is 2.58 bits per heavy atom. The highest BCUT2D eigenvalue weighted by atomic mass is 35.5. The Morgan fingerprint density at radius 1 is 1.19 bits per heavy atom. The van der Waals surface area contributed by atoms with Gasteiger partial charge in [0.1, 0.15) is 29.1 Å². The number of hydrogen-bond acceptors (Lipinski definition) is 5. The lowest BCUT2D eigenvalue weighted by Gasteiger charge is -2.34. The Kier molecular flexibility index (Phi) is 6.10. The van der Waals surface area contributed by atoms with Crippen LogP contribution in [-0.2, 0) is 9.59 Å². The molecule has 1 aromatic heterocycles. The Bertz CT molecular complexity index is 1030. The van der Waals surface area contributed by atoms with Crippen molar-refractivity contribution in [3.05, 3.63) is 58.0 Å². The monoisotopic (exact) mass is 443 g/mol. The summed E-state index contributed by atoms with van der Waals surface area (Å²) in [5.74, 6) is -0.00581. The van der Waals surface area contributed by atoms with E-state index < -0.39 is 17.7 Å². The van der Waals surface area contributed by atoms with Crippen LogP contribution in [0.5, 0.6) is 5.75 Å². The number of ketones is 1. The van der Waals surface area contributed by atoms with Gasteiger partial charge in [0.05, 0.1) is 17.2 Å². The van der Waals surface area contributed by atoms with Gasteiger partial charge >= 0.3 is 0 Å². The van der Waals surface area contributed by atoms with Gasteiger partial charge in [0, 0.05) is 11.6 Å². The van der Waals surface area contributed by atoms with Crippen LogP contribution in [0.1, 0.15) is 62.2 Å². The number of carbonyl (C=O) groups excluding carboxylic acids is 2. The molecule has 1 amide bonds. The zero-order chi connectivity index (χ0) is 22.1. The van der Waals surface area contributed by atoms with Crippen molar-refractivity contribution >= 4 is 29.1 Å². The topological polar surface area (TPSA) is 80.0 Å². The predicted molar refractivity (Wildman–Crippen MR) is 117 cm³/mol. The zero-order valence-electron chi connectivity index (χ0n) is 17.7. The van der Waals surface area contributed by atoms with Gasteiger partial charge in [-0.3, -0.25) is 9.59 Å². The van der Waals surface area contributed by atoms with Crippen molar-refractivity contribution in [2.24, 2.45) is 0 Å². The maximum Gasteiger partial charge on any atom is 0.296 e. The van der Waals surface area contributed by atoms with Crippen LogP contribution in [0.25, 0.3) is 5.76 Å². The second-order valence-electron chi connectivity index (χ2n) is 8.02. The first-order valence-corrected chi connectivity index (χ1v) is 11.1. The molecule has 0 bridgehead atoms. The van der Waals surface area contributed by atoms with Gasteiger partial charge in [-0.2, -0.15) is 0 Å². The molecule has 31 heavy (non-hydrogen) atoms. The minimum atomic E-state index is -0.788. The fourth-order valence-electron chi connectivity index (χ4n) is 4.55. The molecule has 4 rings (SSSR count). The highest BCUT2D eigenvalue weighted by Crippen LogP contribution is 2.44. The van der Waals surface area contributed by atoms with E-state index in [-0.39, 0.29) is 28.0 Å². The average Bonchev–Trinajstić information content (AvgIpc) is 3.31. The number of ether oxygens (including phenoxy) is 1. The minimum absolute atomic E-state index is 0.000437. The van der Waals surface area contributed by atoms with Crippen LogP contribution >= 0.6 is 11.6 Å². The number of carbonyl (C=O) groups is 2. The molecule has 0 spiro atoms. The molecule has 1 saturated carbocycles. The summed E-state index contributed by atoms with van der Waals surface area (Å²) in [7, 11) is 0. The molecule has 2 heterocycles. The first kappa shape index (κ1) is 21.5. The summed E-state index contributed by atoms with van der Waals surface area (Å²) < 4.78 is 11.4. The van der Waals surface area contributed by atoms with Crippen molar-refractivity contribution in [3.63, 3.8) is 0 Å². The van der Waals surface area contributed by atoms with E-state index in [4.69, 9.17) is 20.8 Å². The number of rotatable bonds is 5. The Morgan fingerprint density at radius 2 is 1.94 bits per heavy atom. The highest BCUT2D eigenvalue weighted by molar-refractivity contribution is 6.47. The van der Waals surface area contributed by atoms with Gasteiger partial charge in [0.25, 0.3) is 11.7 Å². The minimum Gasteiger partial charge on any atom is -0.507 e. The zero-order valence-corrected chi connectivity index (χ0v) is 18.4. The molecule has 1 saturated heterocycles. The van der Waals surface area contributed by atoms with E-state index >= 15 is 0 Å². The third-order valence-electron chi connectivity index (χ3n) is 5.98. The lowest BCUT2D eigenvalue weighted by atomic mass is 9.92. The standard InChI is InChI=1S/C24H26ClNO5/c1-3-30-16-10-11-18(25)17(13-16)22(27)20-21(19-12-9-14(2)31-19)26(24(29)23(20)28)15-7-5-4-6-8-15/h9-13,15,21,27H,3-8H2,1-2H3/b22-20+. The number of aliphatic hydroxyl groups is 1. The lowest BCUT2D eigenvalue weighted by Crippen LogP contribution is -2.40. The molecule has 2 aliphatic rings. The van der Waals surface area contributed by atoms with Crippen LogP contribution in [0.4, 0.5) is 0 Å². The SMILES string of the molecule is CCOc1ccc(Cl)c(/C(O)=C2\C(=O)C(=O)N(C3CCCCC3)C2c2ccc(C)o2)c1. The average molecular weight is 444 g/mol. The number of benzene rings is 1. The van der Waals surface area contributed by atoms with Crippen molar-refractivity contribution < 1.29 is 23.8 Å². The Hall–Kier alpha value is -2.73. The maximum atomic E-state index is 13.2. The first-order valence-electron chi connectivity index (χ1n) is 10.7. The third kappa shape index (κ3) is 3.97. The molecule has 2 fully saturated rings. The largest absolute Gasteiger partial charge is 0.507 e. The summed E-state index contributed by atoms with van der Waals surface area (Å²) >= 11 is 6.35. The van der Waals surface area contributed by atoms with Gasteiger partial charge in [-0.25, -0.2) is 0 Å². The van der Waals surface area contributed by atoms with Crippen LogP contribution in [0.15, 0.2) is 40.3 Å². The molecule has 2 aromatic rings. The molecule has 1 N–H and O–H groups in total. The van der Waals surface area contributed by atoms with Crippen molar-refractivity contribution in [1.82, 2.24) is 4.90 Å². The van der Waals surface area contributed by atoms with Crippen molar-refractivity contribution in [2.75, 3.05) is 6.61 Å². The van der Waals surface area contributed by atoms with E-state index in [1.54, 1.807) is 42.2 Å². The number of Topliss-reactive ketones (excluding diaryl/α,β-unsaturated/α-hetero) is 1. The number of furan rings is 1. The molecule has 1 aliphatic heterocycles. The summed E-state index contributed by atoms with van der Waals surface area (Å²) in [6.07, 6.45) is 4.76. The summed E-state index contributed by atoms with van der Waals surface area (Å²) in [5.41, 5.74) is 0.253. The summed E-state index contributed by atoms with van der Waals surface area (Å²) in [4.78, 5) is 27.9. The summed E-state index contributed by atoms with van der Waals surface area (Å²) in [5, 5.41) is 11.5. The van der Waals surface area contributed by atoms with Crippen LogP contribution in [-0.4, -0.2) is 34.3 Å². The fraction of sp³-hybridized carbons (Fsp3) is 0.417. The van der Waals surface area contributed by atoms with Crippen LogP contribution in [0, 0.1) is 6.92 Å². The molecule has 164 valence electrons. The number of aliphatic hydroxyl groups excluding tert-OH is 1. The van der Waals surface area contributed by atoms with Crippen LogP contribution < -0.4 is 4.74 Å². The highest BCUT2D eigenvalue weighted by Gasteiger charge is 2.50. The van der Waals surface area contributed by atoms with E-state index in [2.05, 4.69) is 0 Å². The summed E-state index contributed by atoms with van der Waals surface area (Å²) in [6.45, 7) is 4.10. The van der Waals surface area contributed by atoms with Crippen molar-refractivity contribution in [3.8, 4) is 5.75 Å². The quantitative estimate of drug-likeness (QED) is 0.380. The molecule has 7 heteroatoms. The number of hydrogen-bond donors (Lipinski definition) is 1. The van der Waals surface area contributed by atoms with Gasteiger partial charge in [-0.05, 0) is 57.0 Å². The van der Waals surface area contributed by atoms with E-state index in [0.29, 0.717) is 23.9 Å². The Labute approximate surface area is 186 Å². The van der Waals surface area contributed by atoms with Gasteiger partial charge in [0.2, 0.25) is 0 Å². The molecule has 1 aliphatic carbocycles. The van der Waals surface area contributed by atoms with Gasteiger partial charge in [-0.1, -0.05) is 30.9 Å². The molecule has 6 nitrogen and oxygen atoms in total. The van der Waals surface area contributed by atoms with E-state index in [9.17, 15) is 14.7 Å². The predicted octanol–water partition coefficient (Wildman–Crippen LogP) is 5.39.